The number of rotatable bonds is 12. The molecule has 1 aliphatic heterocycles. The van der Waals surface area contributed by atoms with Gasteiger partial charge in [0.25, 0.3) is 0 Å². The normalized spacial score (nSPS) is 15.9. The third kappa shape index (κ3) is 8.49. The van der Waals surface area contributed by atoms with E-state index >= 15 is 0 Å². The van der Waals surface area contributed by atoms with Crippen LogP contribution in [0.4, 0.5) is 0 Å². The number of carbonyl (C=O) groups excluding carboxylic acids is 1. The summed E-state index contributed by atoms with van der Waals surface area (Å²) in [4.78, 5) is 29.3. The Morgan fingerprint density at radius 2 is 2.03 bits per heavy atom. The van der Waals surface area contributed by atoms with Crippen LogP contribution in [0, 0.1) is 0 Å². The molecule has 1 heterocycles. The number of guanidine groups is 1. The Balaban J connectivity index is 1.79. The van der Waals surface area contributed by atoms with Crippen molar-refractivity contribution in [3.05, 3.63) is 29.8 Å². The Kier molecular flexibility index (Phi) is 9.18. The van der Waals surface area contributed by atoms with Gasteiger partial charge in [-0.05, 0) is 37.6 Å². The van der Waals surface area contributed by atoms with Crippen molar-refractivity contribution in [2.75, 3.05) is 32.0 Å². The number of benzene rings is 1. The van der Waals surface area contributed by atoms with Crippen molar-refractivity contribution in [1.82, 2.24) is 20.9 Å². The third-order valence-corrected chi connectivity index (χ3v) is 5.46. The van der Waals surface area contributed by atoms with Crippen molar-refractivity contribution in [2.24, 2.45) is 10.7 Å². The molecule has 2 rings (SSSR count). The number of nitrogens with one attached hydrogen (secondary N) is 4. The molecule has 0 aliphatic carbocycles. The van der Waals surface area contributed by atoms with E-state index in [4.69, 9.17) is 15.6 Å². The highest BCUT2D eigenvalue weighted by molar-refractivity contribution is 7.89. The summed E-state index contributed by atoms with van der Waals surface area (Å²) >= 11 is 0. The summed E-state index contributed by atoms with van der Waals surface area (Å²) in [7, 11) is -4.01. The van der Waals surface area contributed by atoms with Crippen molar-refractivity contribution in [2.45, 2.75) is 25.4 Å². The Hall–Kier alpha value is -2.74. The standard InChI is InChI=1S/C18H28N6O6S/c1-12(17(26)27)23-24-31(28,29)11-15(19)16(25)13-3-5-14(6-4-13)30-10-9-22-18-20-7-2-8-21-18/h3-6,12,15,23-24H,2,7-11,19H2,1H3,(H,26,27)(H2,20,21,22)/t12-,15+/m0/s1. The Morgan fingerprint density at radius 3 is 2.65 bits per heavy atom. The molecule has 0 amide bonds. The average Bonchev–Trinajstić information content (AvgIpc) is 2.75. The minimum Gasteiger partial charge on any atom is -0.492 e. The van der Waals surface area contributed by atoms with E-state index in [9.17, 15) is 18.0 Å². The fourth-order valence-corrected chi connectivity index (χ4v) is 3.58. The topological polar surface area (TPSA) is 184 Å². The van der Waals surface area contributed by atoms with Gasteiger partial charge in [-0.25, -0.2) is 13.8 Å². The lowest BCUT2D eigenvalue weighted by molar-refractivity contribution is -0.139. The molecule has 0 unspecified atom stereocenters. The molecule has 1 aromatic carbocycles. The molecule has 0 bridgehead atoms. The highest BCUT2D eigenvalue weighted by Gasteiger charge is 2.24. The van der Waals surface area contributed by atoms with Gasteiger partial charge in [-0.2, -0.15) is 4.83 Å². The first-order valence-electron chi connectivity index (χ1n) is 9.70. The highest BCUT2D eigenvalue weighted by Crippen LogP contribution is 2.13. The van der Waals surface area contributed by atoms with Crippen molar-refractivity contribution in [1.29, 1.82) is 0 Å². The first-order chi connectivity index (χ1) is 14.7. The second kappa shape index (κ2) is 11.6. The van der Waals surface area contributed by atoms with Crippen LogP contribution < -0.4 is 31.4 Å². The number of Topliss-reactive ketones (excluding diaryl/α,β-unsaturated/α-hetero) is 1. The van der Waals surface area contributed by atoms with Crippen LogP contribution in [-0.2, 0) is 14.8 Å². The molecule has 0 spiro atoms. The van der Waals surface area contributed by atoms with Crippen LogP contribution in [-0.4, -0.2) is 75.3 Å². The average molecular weight is 457 g/mol. The van der Waals surface area contributed by atoms with Gasteiger partial charge in [0.2, 0.25) is 10.0 Å². The van der Waals surface area contributed by atoms with Crippen molar-refractivity contribution in [3.63, 3.8) is 0 Å². The van der Waals surface area contributed by atoms with Gasteiger partial charge < -0.3 is 26.2 Å². The van der Waals surface area contributed by atoms with E-state index in [0.29, 0.717) is 18.9 Å². The fraction of sp³-hybridized carbons (Fsp3) is 0.500. The number of nitrogens with zero attached hydrogens (tertiary/aromatic N) is 1. The number of hydrogen-bond acceptors (Lipinski definition) is 10. The number of carboxylic acid groups (broad SMARTS) is 1. The van der Waals surface area contributed by atoms with E-state index < -0.39 is 39.6 Å². The van der Waals surface area contributed by atoms with E-state index in [1.165, 1.54) is 19.1 Å². The van der Waals surface area contributed by atoms with E-state index in [-0.39, 0.29) is 5.56 Å². The number of carboxylic acids is 1. The number of aliphatic carboxylic acids is 1. The molecule has 7 N–H and O–H groups in total. The molecular formula is C18H28N6O6S. The Morgan fingerprint density at radius 1 is 1.32 bits per heavy atom. The predicted molar refractivity (Wildman–Crippen MR) is 114 cm³/mol. The molecule has 172 valence electrons. The molecule has 1 aliphatic rings. The number of hydrogen-bond donors (Lipinski definition) is 6. The fourth-order valence-electron chi connectivity index (χ4n) is 2.51. The molecule has 13 heteroatoms. The van der Waals surface area contributed by atoms with Crippen LogP contribution in [0.3, 0.4) is 0 Å². The Labute approximate surface area is 180 Å². The van der Waals surface area contributed by atoms with Gasteiger partial charge in [-0.15, -0.1) is 0 Å². The molecule has 0 saturated carbocycles. The summed E-state index contributed by atoms with van der Waals surface area (Å²) in [5, 5.41) is 15.0. The molecule has 31 heavy (non-hydrogen) atoms. The number of ether oxygens (including phenoxy) is 1. The third-order valence-electron chi connectivity index (χ3n) is 4.24. The van der Waals surface area contributed by atoms with E-state index in [1.54, 1.807) is 12.1 Å². The summed E-state index contributed by atoms with van der Waals surface area (Å²) in [6, 6.07) is 3.74. The molecule has 2 atom stereocenters. The smallest absolute Gasteiger partial charge is 0.321 e. The summed E-state index contributed by atoms with van der Waals surface area (Å²) in [6.45, 7) is 3.88. The van der Waals surface area contributed by atoms with E-state index in [2.05, 4.69) is 21.1 Å². The van der Waals surface area contributed by atoms with Crippen LogP contribution in [0.1, 0.15) is 23.7 Å². The maximum Gasteiger partial charge on any atom is 0.321 e. The van der Waals surface area contributed by atoms with E-state index in [1.807, 2.05) is 4.83 Å². The van der Waals surface area contributed by atoms with Gasteiger partial charge in [0.05, 0.1) is 18.3 Å². The molecule has 1 aromatic rings. The minimum atomic E-state index is -4.01. The van der Waals surface area contributed by atoms with Gasteiger partial charge in [0.1, 0.15) is 18.4 Å². The minimum absolute atomic E-state index is 0.237. The summed E-state index contributed by atoms with van der Waals surface area (Å²) in [5.41, 5.74) is 8.10. The summed E-state index contributed by atoms with van der Waals surface area (Å²) < 4.78 is 29.6. The highest BCUT2D eigenvalue weighted by atomic mass is 32.2. The molecule has 0 radical (unpaired) electrons. The van der Waals surface area contributed by atoms with Crippen LogP contribution in [0.2, 0.25) is 0 Å². The summed E-state index contributed by atoms with van der Waals surface area (Å²) in [5.74, 6) is -1.20. The molecule has 0 saturated heterocycles. The van der Waals surface area contributed by atoms with Crippen LogP contribution >= 0.6 is 0 Å². The largest absolute Gasteiger partial charge is 0.492 e. The van der Waals surface area contributed by atoms with Crippen molar-refractivity contribution < 1.29 is 27.9 Å². The lowest BCUT2D eigenvalue weighted by Gasteiger charge is -2.16. The predicted octanol–water partition coefficient (Wildman–Crippen LogP) is -1.59. The zero-order valence-electron chi connectivity index (χ0n) is 17.1. The summed E-state index contributed by atoms with van der Waals surface area (Å²) in [6.07, 6.45) is 1.01. The van der Waals surface area contributed by atoms with Crippen LogP contribution in [0.15, 0.2) is 29.3 Å². The zero-order chi connectivity index (χ0) is 22.9. The monoisotopic (exact) mass is 456 g/mol. The first-order valence-corrected chi connectivity index (χ1v) is 11.4. The second-order valence-electron chi connectivity index (χ2n) is 6.87. The van der Waals surface area contributed by atoms with Crippen LogP contribution in [0.25, 0.3) is 0 Å². The zero-order valence-corrected chi connectivity index (χ0v) is 17.9. The lowest BCUT2D eigenvalue weighted by atomic mass is 10.1. The molecule has 0 aromatic heterocycles. The number of sulfonamides is 1. The number of ketones is 1. The SMILES string of the molecule is C[C@H](NNS(=O)(=O)C[C@@H](N)C(=O)c1ccc(OCCNC2=NCCCN2)cc1)C(=O)O. The number of aliphatic imine (C=N–C) groups is 1. The maximum absolute atomic E-state index is 12.4. The quantitative estimate of drug-likeness (QED) is 0.122. The maximum atomic E-state index is 12.4. The van der Waals surface area contributed by atoms with Gasteiger partial charge in [-0.1, -0.05) is 0 Å². The molecule has 0 fully saturated rings. The lowest BCUT2D eigenvalue weighted by Crippen LogP contribution is -2.50. The van der Waals surface area contributed by atoms with Gasteiger partial charge in [0, 0.05) is 18.7 Å². The molecule has 12 nitrogen and oxygen atoms in total. The first kappa shape index (κ1) is 24.5. The van der Waals surface area contributed by atoms with Crippen LogP contribution in [0.5, 0.6) is 5.75 Å². The number of nitrogens with two attached hydrogens (primary N) is 1. The molecular weight excluding hydrogens is 428 g/mol. The number of carbonyl (C=O) groups is 2. The second-order valence-corrected chi connectivity index (χ2v) is 8.64. The number of hydrazine groups is 1. The van der Waals surface area contributed by atoms with Crippen molar-refractivity contribution >= 4 is 27.7 Å². The van der Waals surface area contributed by atoms with Crippen molar-refractivity contribution in [3.8, 4) is 5.75 Å². The van der Waals surface area contributed by atoms with Gasteiger partial charge in [0.15, 0.2) is 11.7 Å². The van der Waals surface area contributed by atoms with Gasteiger partial charge in [-0.3, -0.25) is 14.6 Å². The van der Waals surface area contributed by atoms with Gasteiger partial charge >= 0.3 is 5.97 Å². The Bertz CT molecular complexity index is 889. The van der Waals surface area contributed by atoms with E-state index in [0.717, 1.165) is 25.5 Å².